The van der Waals surface area contributed by atoms with Crippen molar-refractivity contribution in [2.45, 2.75) is 292 Å². The van der Waals surface area contributed by atoms with Gasteiger partial charge in [-0.2, -0.15) is 0 Å². The maximum atomic E-state index is 12.7. The molecule has 0 aliphatic carbocycles. The lowest BCUT2D eigenvalue weighted by molar-refractivity contribution is -0.167. The number of carbonyl (C=O) groups is 3. The van der Waals surface area contributed by atoms with E-state index in [1.54, 1.807) is 0 Å². The third kappa shape index (κ3) is 45.8. The number of unbranched alkanes of at least 4 members (excludes halogenated alkanes) is 28. The van der Waals surface area contributed by atoms with Crippen LogP contribution in [0.25, 0.3) is 0 Å². The lowest BCUT2D eigenvalue weighted by Crippen LogP contribution is -2.30. The van der Waals surface area contributed by atoms with E-state index in [0.29, 0.717) is 19.3 Å². The van der Waals surface area contributed by atoms with Crippen LogP contribution in [-0.4, -0.2) is 37.2 Å². The molecule has 1 unspecified atom stereocenters. The summed E-state index contributed by atoms with van der Waals surface area (Å²) in [5, 5.41) is 0. The second kappa shape index (κ2) is 44.5. The Kier molecular flexibility index (Phi) is 43.3. The van der Waals surface area contributed by atoms with E-state index < -0.39 is 6.10 Å². The smallest absolute Gasteiger partial charge is 0.306 e. The Morgan fingerprint density at radius 2 is 0.593 bits per heavy atom. The van der Waals surface area contributed by atoms with Crippen LogP contribution in [0.2, 0.25) is 0 Å². The molecular formula is C53H102O6. The number of hydrogen-bond donors (Lipinski definition) is 0. The van der Waals surface area contributed by atoms with Crippen LogP contribution in [0.3, 0.4) is 0 Å². The van der Waals surface area contributed by atoms with Crippen LogP contribution in [0.15, 0.2) is 0 Å². The van der Waals surface area contributed by atoms with Crippen molar-refractivity contribution >= 4 is 17.9 Å². The summed E-state index contributed by atoms with van der Waals surface area (Å²) in [5.74, 6) is 1.59. The molecule has 0 aromatic rings. The highest BCUT2D eigenvalue weighted by Gasteiger charge is 2.19. The van der Waals surface area contributed by atoms with Gasteiger partial charge in [0.25, 0.3) is 0 Å². The number of esters is 3. The van der Waals surface area contributed by atoms with E-state index >= 15 is 0 Å². The van der Waals surface area contributed by atoms with Gasteiger partial charge in [-0.05, 0) is 37.0 Å². The second-order valence-corrected chi connectivity index (χ2v) is 19.4. The van der Waals surface area contributed by atoms with Gasteiger partial charge in [0.1, 0.15) is 13.2 Å². The first kappa shape index (κ1) is 57.4. The van der Waals surface area contributed by atoms with E-state index in [-0.39, 0.29) is 31.1 Å². The first-order chi connectivity index (χ1) is 28.6. The molecule has 350 valence electrons. The first-order valence-electron chi connectivity index (χ1n) is 26.1. The fraction of sp³-hybridized carbons (Fsp3) is 0.943. The van der Waals surface area contributed by atoms with Gasteiger partial charge in [-0.25, -0.2) is 0 Å². The average molecular weight is 835 g/mol. The van der Waals surface area contributed by atoms with E-state index in [9.17, 15) is 14.4 Å². The highest BCUT2D eigenvalue weighted by Crippen LogP contribution is 2.18. The van der Waals surface area contributed by atoms with Gasteiger partial charge in [0.15, 0.2) is 6.10 Å². The monoisotopic (exact) mass is 835 g/mol. The lowest BCUT2D eigenvalue weighted by atomic mass is 10.00. The summed E-state index contributed by atoms with van der Waals surface area (Å²) in [4.78, 5) is 37.8. The molecule has 59 heavy (non-hydrogen) atoms. The average Bonchev–Trinajstić information content (AvgIpc) is 3.20. The minimum atomic E-state index is -0.763. The van der Waals surface area contributed by atoms with E-state index in [0.717, 1.165) is 75.5 Å². The maximum Gasteiger partial charge on any atom is 0.306 e. The van der Waals surface area contributed by atoms with Crippen molar-refractivity contribution < 1.29 is 28.6 Å². The van der Waals surface area contributed by atoms with Crippen molar-refractivity contribution in [1.82, 2.24) is 0 Å². The maximum absolute atomic E-state index is 12.7. The molecule has 0 bridgehead atoms. The minimum absolute atomic E-state index is 0.0659. The molecule has 0 rings (SSSR count). The Bertz CT molecular complexity index is 916. The molecule has 0 aliphatic rings. The largest absolute Gasteiger partial charge is 0.462 e. The van der Waals surface area contributed by atoms with Gasteiger partial charge in [-0.3, -0.25) is 14.4 Å². The molecule has 0 N–H and O–H groups in total. The summed E-state index contributed by atoms with van der Waals surface area (Å²) in [6.45, 7) is 13.7. The normalized spacial score (nSPS) is 12.6. The molecule has 0 saturated carbocycles. The number of carbonyl (C=O) groups excluding carboxylic acids is 3. The molecule has 6 nitrogen and oxygen atoms in total. The molecular weight excluding hydrogens is 733 g/mol. The highest BCUT2D eigenvalue weighted by molar-refractivity contribution is 5.71. The van der Waals surface area contributed by atoms with Crippen molar-refractivity contribution in [3.63, 3.8) is 0 Å². The van der Waals surface area contributed by atoms with E-state index in [2.05, 4.69) is 41.5 Å². The van der Waals surface area contributed by atoms with Crippen LogP contribution in [0.5, 0.6) is 0 Å². The molecule has 2 atom stereocenters. The summed E-state index contributed by atoms with van der Waals surface area (Å²) < 4.78 is 16.8. The van der Waals surface area contributed by atoms with Gasteiger partial charge in [-0.1, -0.05) is 247 Å². The summed E-state index contributed by atoms with van der Waals surface area (Å²) in [6, 6.07) is 0. The predicted octanol–water partition coefficient (Wildman–Crippen LogP) is 16.8. The van der Waals surface area contributed by atoms with Crippen molar-refractivity contribution in [1.29, 1.82) is 0 Å². The van der Waals surface area contributed by atoms with Gasteiger partial charge in [0.05, 0.1) is 0 Å². The lowest BCUT2D eigenvalue weighted by Gasteiger charge is -2.18. The Labute approximate surface area is 368 Å². The standard InChI is InChI=1S/C53H102O6/c1-7-49(6)41-35-29-25-26-32-38-44-53(56)59-50(46-58-52(55)43-37-31-24-20-22-28-34-40-48(4)5)45-57-51(54)42-36-30-23-19-17-15-13-11-9-8-10-12-14-16-18-21-27-33-39-47(2)3/h47-50H,7-46H2,1-6H3/t49?,50-/m1/s1. The SMILES string of the molecule is CCC(C)CCCCCCCCC(=O)O[C@H](COC(=O)CCCCCCCCCCCCCCCCCCCCC(C)C)COC(=O)CCCCCCCCCC(C)C. The number of rotatable bonds is 46. The van der Waals surface area contributed by atoms with E-state index in [1.165, 1.54) is 167 Å². The van der Waals surface area contributed by atoms with E-state index in [4.69, 9.17) is 14.2 Å². The van der Waals surface area contributed by atoms with Crippen molar-refractivity contribution in [3.8, 4) is 0 Å². The summed E-state index contributed by atoms with van der Waals surface area (Å²) >= 11 is 0. The Morgan fingerprint density at radius 3 is 0.881 bits per heavy atom. The molecule has 0 spiro atoms. The van der Waals surface area contributed by atoms with Crippen molar-refractivity contribution in [3.05, 3.63) is 0 Å². The third-order valence-corrected chi connectivity index (χ3v) is 12.3. The second-order valence-electron chi connectivity index (χ2n) is 19.4. The number of hydrogen-bond acceptors (Lipinski definition) is 6. The van der Waals surface area contributed by atoms with Gasteiger partial charge in [-0.15, -0.1) is 0 Å². The predicted molar refractivity (Wildman–Crippen MR) is 252 cm³/mol. The molecule has 0 aromatic heterocycles. The zero-order valence-corrected chi connectivity index (χ0v) is 40.5. The summed E-state index contributed by atoms with van der Waals surface area (Å²) in [5.41, 5.74) is 0. The van der Waals surface area contributed by atoms with Crippen LogP contribution in [0, 0.1) is 17.8 Å². The zero-order chi connectivity index (χ0) is 43.4. The van der Waals surface area contributed by atoms with Gasteiger partial charge in [0, 0.05) is 19.3 Å². The molecule has 0 aromatic carbocycles. The summed E-state index contributed by atoms with van der Waals surface area (Å²) in [6.07, 6.45) is 44.0. The molecule has 0 saturated heterocycles. The molecule has 0 heterocycles. The van der Waals surface area contributed by atoms with Crippen LogP contribution >= 0.6 is 0 Å². The summed E-state index contributed by atoms with van der Waals surface area (Å²) in [7, 11) is 0. The van der Waals surface area contributed by atoms with Crippen LogP contribution in [0.4, 0.5) is 0 Å². The topological polar surface area (TPSA) is 78.9 Å². The van der Waals surface area contributed by atoms with Gasteiger partial charge >= 0.3 is 17.9 Å². The zero-order valence-electron chi connectivity index (χ0n) is 40.5. The molecule has 0 amide bonds. The molecule has 0 fully saturated rings. The Balaban J connectivity index is 4.18. The van der Waals surface area contributed by atoms with Crippen LogP contribution < -0.4 is 0 Å². The fourth-order valence-electron chi connectivity index (χ4n) is 7.91. The van der Waals surface area contributed by atoms with Crippen LogP contribution in [-0.2, 0) is 28.6 Å². The Hall–Kier alpha value is -1.59. The molecule has 6 heteroatoms. The van der Waals surface area contributed by atoms with Gasteiger partial charge < -0.3 is 14.2 Å². The molecule has 0 aliphatic heterocycles. The first-order valence-corrected chi connectivity index (χ1v) is 26.1. The molecule has 0 radical (unpaired) electrons. The highest BCUT2D eigenvalue weighted by atomic mass is 16.6. The Morgan fingerprint density at radius 1 is 0.339 bits per heavy atom. The fourth-order valence-corrected chi connectivity index (χ4v) is 7.91. The quantitative estimate of drug-likeness (QED) is 0.0345. The van der Waals surface area contributed by atoms with Crippen molar-refractivity contribution in [2.24, 2.45) is 17.8 Å². The number of ether oxygens (including phenoxy) is 3. The van der Waals surface area contributed by atoms with Crippen LogP contribution in [0.1, 0.15) is 286 Å². The minimum Gasteiger partial charge on any atom is -0.462 e. The van der Waals surface area contributed by atoms with E-state index in [1.807, 2.05) is 0 Å². The van der Waals surface area contributed by atoms with Crippen molar-refractivity contribution in [2.75, 3.05) is 13.2 Å². The third-order valence-electron chi connectivity index (χ3n) is 12.3. The van der Waals surface area contributed by atoms with Gasteiger partial charge in [0.2, 0.25) is 0 Å².